The SMILES string of the molecule is CC(=O)NCCNC(=O)c1ccc(F)c(Cl)c1. The van der Waals surface area contributed by atoms with Crippen LogP contribution >= 0.6 is 11.6 Å². The van der Waals surface area contributed by atoms with Crippen LogP contribution in [-0.2, 0) is 4.79 Å². The van der Waals surface area contributed by atoms with Crippen LogP contribution in [0.2, 0.25) is 5.02 Å². The number of rotatable bonds is 4. The third-order valence-corrected chi connectivity index (χ3v) is 2.26. The van der Waals surface area contributed by atoms with E-state index in [-0.39, 0.29) is 22.4 Å². The van der Waals surface area contributed by atoms with E-state index in [9.17, 15) is 14.0 Å². The lowest BCUT2D eigenvalue weighted by Crippen LogP contribution is -2.33. The molecule has 0 heterocycles. The van der Waals surface area contributed by atoms with E-state index in [1.165, 1.54) is 19.1 Å². The summed E-state index contributed by atoms with van der Waals surface area (Å²) in [7, 11) is 0. The molecule has 0 aliphatic heterocycles. The van der Waals surface area contributed by atoms with Crippen LogP contribution in [0.1, 0.15) is 17.3 Å². The second-order valence-electron chi connectivity index (χ2n) is 3.37. The molecule has 2 N–H and O–H groups in total. The van der Waals surface area contributed by atoms with Crippen LogP contribution in [0, 0.1) is 5.82 Å². The minimum Gasteiger partial charge on any atom is -0.355 e. The van der Waals surface area contributed by atoms with E-state index in [2.05, 4.69) is 10.6 Å². The molecule has 0 spiro atoms. The van der Waals surface area contributed by atoms with E-state index in [1.807, 2.05) is 0 Å². The second-order valence-corrected chi connectivity index (χ2v) is 3.77. The molecule has 0 fully saturated rings. The molecule has 1 rings (SSSR count). The zero-order chi connectivity index (χ0) is 12.8. The number of carbonyl (C=O) groups excluding carboxylic acids is 2. The summed E-state index contributed by atoms with van der Waals surface area (Å²) in [5.41, 5.74) is 0.277. The summed E-state index contributed by atoms with van der Waals surface area (Å²) in [4.78, 5) is 22.1. The van der Waals surface area contributed by atoms with Crippen molar-refractivity contribution >= 4 is 23.4 Å². The number of hydrogen-bond acceptors (Lipinski definition) is 2. The van der Waals surface area contributed by atoms with Gasteiger partial charge in [-0.3, -0.25) is 9.59 Å². The van der Waals surface area contributed by atoms with Crippen molar-refractivity contribution in [1.29, 1.82) is 0 Å². The van der Waals surface area contributed by atoms with Gasteiger partial charge >= 0.3 is 0 Å². The summed E-state index contributed by atoms with van der Waals surface area (Å²) in [5, 5.41) is 5.00. The first-order valence-electron chi connectivity index (χ1n) is 4.98. The molecule has 4 nitrogen and oxygen atoms in total. The molecule has 0 aliphatic carbocycles. The van der Waals surface area contributed by atoms with Gasteiger partial charge < -0.3 is 10.6 Å². The topological polar surface area (TPSA) is 58.2 Å². The smallest absolute Gasteiger partial charge is 0.251 e. The predicted molar refractivity (Wildman–Crippen MR) is 62.4 cm³/mol. The van der Waals surface area contributed by atoms with Crippen LogP contribution in [0.5, 0.6) is 0 Å². The van der Waals surface area contributed by atoms with Crippen molar-refractivity contribution < 1.29 is 14.0 Å². The average molecular weight is 259 g/mol. The van der Waals surface area contributed by atoms with Gasteiger partial charge in [-0.1, -0.05) is 11.6 Å². The van der Waals surface area contributed by atoms with E-state index in [1.54, 1.807) is 0 Å². The largest absolute Gasteiger partial charge is 0.355 e. The van der Waals surface area contributed by atoms with Gasteiger partial charge in [-0.25, -0.2) is 4.39 Å². The Labute approximate surface area is 103 Å². The summed E-state index contributed by atoms with van der Waals surface area (Å²) >= 11 is 5.55. The quantitative estimate of drug-likeness (QED) is 0.801. The first-order valence-corrected chi connectivity index (χ1v) is 5.36. The molecule has 0 aliphatic rings. The number of carbonyl (C=O) groups is 2. The number of halogens is 2. The van der Waals surface area contributed by atoms with Crippen molar-refractivity contribution in [1.82, 2.24) is 10.6 Å². The molecule has 0 saturated heterocycles. The molecule has 0 aromatic heterocycles. The second kappa shape index (κ2) is 6.20. The molecule has 0 radical (unpaired) electrons. The van der Waals surface area contributed by atoms with Gasteiger partial charge in [0.25, 0.3) is 5.91 Å². The molecule has 1 aromatic rings. The highest BCUT2D eigenvalue weighted by Crippen LogP contribution is 2.15. The fourth-order valence-corrected chi connectivity index (χ4v) is 1.33. The molecule has 0 bridgehead atoms. The van der Waals surface area contributed by atoms with E-state index in [4.69, 9.17) is 11.6 Å². The molecule has 92 valence electrons. The molecule has 0 unspecified atom stereocenters. The maximum absolute atomic E-state index is 12.8. The summed E-state index contributed by atoms with van der Waals surface area (Å²) in [6, 6.07) is 3.73. The van der Waals surface area contributed by atoms with Crippen molar-refractivity contribution in [3.8, 4) is 0 Å². The first kappa shape index (κ1) is 13.4. The Morgan fingerprint density at radius 1 is 1.29 bits per heavy atom. The van der Waals surface area contributed by atoms with Crippen molar-refractivity contribution in [3.63, 3.8) is 0 Å². The molecule has 1 aromatic carbocycles. The minimum absolute atomic E-state index is 0.0977. The van der Waals surface area contributed by atoms with Crippen molar-refractivity contribution in [2.24, 2.45) is 0 Å². The molecule has 6 heteroatoms. The maximum atomic E-state index is 12.8. The highest BCUT2D eigenvalue weighted by molar-refractivity contribution is 6.31. The Bertz CT molecular complexity index is 437. The summed E-state index contributed by atoms with van der Waals surface area (Å²) in [6.45, 7) is 2.03. The Kier molecular flexibility index (Phi) is 4.90. The fraction of sp³-hybridized carbons (Fsp3) is 0.273. The van der Waals surface area contributed by atoms with E-state index in [0.717, 1.165) is 6.07 Å². The maximum Gasteiger partial charge on any atom is 0.251 e. The normalized spacial score (nSPS) is 9.82. The number of benzene rings is 1. The van der Waals surface area contributed by atoms with E-state index in [0.29, 0.717) is 13.1 Å². The third kappa shape index (κ3) is 4.40. The summed E-state index contributed by atoms with van der Waals surface area (Å²) in [5.74, 6) is -1.09. The van der Waals surface area contributed by atoms with Crippen LogP contribution < -0.4 is 10.6 Å². The highest BCUT2D eigenvalue weighted by atomic mass is 35.5. The number of nitrogens with one attached hydrogen (secondary N) is 2. The van der Waals surface area contributed by atoms with Gasteiger partial charge in [0.1, 0.15) is 5.82 Å². The van der Waals surface area contributed by atoms with Gasteiger partial charge in [0.15, 0.2) is 0 Å². The fourth-order valence-electron chi connectivity index (χ4n) is 1.15. The highest BCUT2D eigenvalue weighted by Gasteiger charge is 2.07. The first-order chi connectivity index (χ1) is 8.00. The Hall–Kier alpha value is -1.62. The van der Waals surface area contributed by atoms with Gasteiger partial charge in [0, 0.05) is 25.6 Å². The Balaban J connectivity index is 2.47. The van der Waals surface area contributed by atoms with Crippen molar-refractivity contribution in [3.05, 3.63) is 34.6 Å². The molecule has 2 amide bonds. The average Bonchev–Trinajstić information content (AvgIpc) is 2.27. The standard InChI is InChI=1S/C11H12ClFN2O2/c1-7(16)14-4-5-15-11(17)8-2-3-10(13)9(12)6-8/h2-3,6H,4-5H2,1H3,(H,14,16)(H,15,17). The van der Waals surface area contributed by atoms with Crippen molar-refractivity contribution in [2.75, 3.05) is 13.1 Å². The Morgan fingerprint density at radius 2 is 1.94 bits per heavy atom. The third-order valence-electron chi connectivity index (χ3n) is 1.97. The van der Waals surface area contributed by atoms with Gasteiger partial charge in [-0.2, -0.15) is 0 Å². The molecular weight excluding hydrogens is 247 g/mol. The lowest BCUT2D eigenvalue weighted by Gasteiger charge is -2.06. The predicted octanol–water partition coefficient (Wildman–Crippen LogP) is 1.34. The van der Waals surface area contributed by atoms with Crippen LogP contribution in [0.25, 0.3) is 0 Å². The lowest BCUT2D eigenvalue weighted by atomic mass is 10.2. The van der Waals surface area contributed by atoms with Gasteiger partial charge in [-0.05, 0) is 18.2 Å². The van der Waals surface area contributed by atoms with Crippen molar-refractivity contribution in [2.45, 2.75) is 6.92 Å². The zero-order valence-electron chi connectivity index (χ0n) is 9.22. The van der Waals surface area contributed by atoms with Gasteiger partial charge in [0.05, 0.1) is 5.02 Å². The summed E-state index contributed by atoms with van der Waals surface area (Å²) < 4.78 is 12.8. The van der Waals surface area contributed by atoms with E-state index >= 15 is 0 Å². The van der Waals surface area contributed by atoms with Crippen LogP contribution in [0.3, 0.4) is 0 Å². The van der Waals surface area contributed by atoms with E-state index < -0.39 is 5.82 Å². The molecule has 17 heavy (non-hydrogen) atoms. The molecular formula is C11H12ClFN2O2. The number of amides is 2. The number of hydrogen-bond donors (Lipinski definition) is 2. The van der Waals surface area contributed by atoms with Crippen LogP contribution in [0.4, 0.5) is 4.39 Å². The summed E-state index contributed by atoms with van der Waals surface area (Å²) in [6.07, 6.45) is 0. The van der Waals surface area contributed by atoms with Gasteiger partial charge in [0.2, 0.25) is 5.91 Å². The van der Waals surface area contributed by atoms with Crippen LogP contribution in [0.15, 0.2) is 18.2 Å². The monoisotopic (exact) mass is 258 g/mol. The molecule has 0 atom stereocenters. The minimum atomic E-state index is -0.568. The Morgan fingerprint density at radius 3 is 2.53 bits per heavy atom. The van der Waals surface area contributed by atoms with Gasteiger partial charge in [-0.15, -0.1) is 0 Å². The lowest BCUT2D eigenvalue weighted by molar-refractivity contribution is -0.118. The van der Waals surface area contributed by atoms with Crippen LogP contribution in [-0.4, -0.2) is 24.9 Å². The molecule has 0 saturated carbocycles. The zero-order valence-corrected chi connectivity index (χ0v) is 9.97.